The van der Waals surface area contributed by atoms with Gasteiger partial charge in [-0.1, -0.05) is 49.6 Å². The van der Waals surface area contributed by atoms with Crippen molar-refractivity contribution in [2.75, 3.05) is 33.2 Å². The first-order valence-electron chi connectivity index (χ1n) is 12.4. The monoisotopic (exact) mass is 438 g/mol. The van der Waals surface area contributed by atoms with Crippen LogP contribution in [-0.4, -0.2) is 66.9 Å². The number of carbonyl (C=O) groups is 2. The van der Waals surface area contributed by atoms with Crippen LogP contribution in [0.2, 0.25) is 0 Å². The Balaban J connectivity index is 1.44. The summed E-state index contributed by atoms with van der Waals surface area (Å²) in [6.45, 7) is 2.98. The first kappa shape index (κ1) is 22.8. The molecule has 0 radical (unpaired) electrons. The Morgan fingerprint density at radius 3 is 2.56 bits per heavy atom. The smallest absolute Gasteiger partial charge is 0.245 e. The maximum Gasteiger partial charge on any atom is 0.245 e. The lowest BCUT2D eigenvalue weighted by molar-refractivity contribution is -0.139. The molecule has 3 atom stereocenters. The topological polar surface area (TPSA) is 64.7 Å². The van der Waals surface area contributed by atoms with Gasteiger partial charge in [-0.05, 0) is 62.4 Å². The van der Waals surface area contributed by atoms with Crippen molar-refractivity contribution < 1.29 is 9.59 Å². The van der Waals surface area contributed by atoms with E-state index in [4.69, 9.17) is 0 Å². The second kappa shape index (κ2) is 11.0. The lowest BCUT2D eigenvalue weighted by atomic mass is 9.83. The number of nitrogens with zero attached hydrogens (tertiary/aromatic N) is 2. The van der Waals surface area contributed by atoms with Crippen LogP contribution in [0, 0.1) is 11.8 Å². The Bertz CT molecular complexity index is 790. The van der Waals surface area contributed by atoms with Gasteiger partial charge < -0.3 is 20.4 Å². The number of hydrogen-bond donors (Lipinski definition) is 2. The molecule has 3 aliphatic rings. The zero-order valence-electron chi connectivity index (χ0n) is 19.3. The quantitative estimate of drug-likeness (QED) is 0.687. The van der Waals surface area contributed by atoms with Gasteiger partial charge in [-0.15, -0.1) is 0 Å². The number of likely N-dealkylation sites (tertiary alicyclic amines) is 2. The van der Waals surface area contributed by atoms with Crippen molar-refractivity contribution in [3.8, 4) is 0 Å². The van der Waals surface area contributed by atoms with E-state index in [2.05, 4.69) is 57.0 Å². The lowest BCUT2D eigenvalue weighted by Gasteiger charge is -2.40. The highest BCUT2D eigenvalue weighted by Crippen LogP contribution is 2.34. The molecule has 2 heterocycles. The standard InChI is InChI=1S/C26H38N4O2/c1-27-18-24(31)28-25(22-10-6-3-7-11-22)26(32)30-17-14-21-13-16-29(19-23(21)30)15-12-20-8-4-2-5-9-20/h2,4-5,8-9,12,15,21-23,25,27H,3,6-7,10-11,13-14,16-19H2,1H3,(H,28,31). The molecular formula is C26H38N4O2. The van der Waals surface area contributed by atoms with Crippen LogP contribution in [0.5, 0.6) is 0 Å². The van der Waals surface area contributed by atoms with Gasteiger partial charge in [0, 0.05) is 19.6 Å². The number of fused-ring (bicyclic) bond motifs is 1. The van der Waals surface area contributed by atoms with Gasteiger partial charge in [0.1, 0.15) is 6.04 Å². The fraction of sp³-hybridized carbons (Fsp3) is 0.615. The molecule has 2 aliphatic heterocycles. The molecule has 6 nitrogen and oxygen atoms in total. The summed E-state index contributed by atoms with van der Waals surface area (Å²) in [5.74, 6) is 0.889. The molecule has 1 aromatic rings. The van der Waals surface area contributed by atoms with Crippen LogP contribution >= 0.6 is 0 Å². The Morgan fingerprint density at radius 2 is 1.81 bits per heavy atom. The number of piperidine rings is 1. The van der Waals surface area contributed by atoms with Crippen molar-refractivity contribution in [2.45, 2.75) is 57.0 Å². The first-order valence-corrected chi connectivity index (χ1v) is 12.4. The number of rotatable bonds is 7. The number of likely N-dealkylation sites (N-methyl/N-ethyl adjacent to an activating group) is 1. The van der Waals surface area contributed by atoms with Crippen molar-refractivity contribution in [1.29, 1.82) is 0 Å². The van der Waals surface area contributed by atoms with Crippen LogP contribution in [0.25, 0.3) is 6.08 Å². The molecular weight excluding hydrogens is 400 g/mol. The number of hydrogen-bond acceptors (Lipinski definition) is 4. The maximum atomic E-state index is 13.8. The van der Waals surface area contributed by atoms with Crippen LogP contribution < -0.4 is 10.6 Å². The van der Waals surface area contributed by atoms with Crippen LogP contribution in [0.1, 0.15) is 50.5 Å². The van der Waals surface area contributed by atoms with E-state index in [9.17, 15) is 9.59 Å². The van der Waals surface area contributed by atoms with E-state index in [0.29, 0.717) is 5.92 Å². The number of benzene rings is 1. The molecule has 4 rings (SSSR count). The molecule has 3 fully saturated rings. The summed E-state index contributed by atoms with van der Waals surface area (Å²) in [6, 6.07) is 10.2. The van der Waals surface area contributed by atoms with Crippen LogP contribution in [0.15, 0.2) is 36.5 Å². The average molecular weight is 439 g/mol. The van der Waals surface area contributed by atoms with E-state index in [1.165, 1.54) is 12.0 Å². The van der Waals surface area contributed by atoms with E-state index in [1.54, 1.807) is 7.05 Å². The molecule has 1 saturated carbocycles. The van der Waals surface area contributed by atoms with Crippen LogP contribution in [0.4, 0.5) is 0 Å². The predicted molar refractivity (Wildman–Crippen MR) is 128 cm³/mol. The van der Waals surface area contributed by atoms with Crippen molar-refractivity contribution >= 4 is 17.9 Å². The van der Waals surface area contributed by atoms with Gasteiger partial charge in [-0.3, -0.25) is 9.59 Å². The van der Waals surface area contributed by atoms with E-state index in [0.717, 1.165) is 58.2 Å². The molecule has 1 aromatic carbocycles. The van der Waals surface area contributed by atoms with Gasteiger partial charge in [0.05, 0.1) is 12.6 Å². The average Bonchev–Trinajstić information content (AvgIpc) is 3.25. The molecule has 3 unspecified atom stereocenters. The minimum atomic E-state index is -0.384. The summed E-state index contributed by atoms with van der Waals surface area (Å²) in [6.07, 6.45) is 12.1. The summed E-state index contributed by atoms with van der Waals surface area (Å²) >= 11 is 0. The zero-order valence-corrected chi connectivity index (χ0v) is 19.3. The third-order valence-corrected chi connectivity index (χ3v) is 7.50. The van der Waals surface area contributed by atoms with Gasteiger partial charge in [-0.25, -0.2) is 0 Å². The third kappa shape index (κ3) is 5.52. The third-order valence-electron chi connectivity index (χ3n) is 7.50. The maximum absolute atomic E-state index is 13.8. The van der Waals surface area contributed by atoms with E-state index >= 15 is 0 Å². The van der Waals surface area contributed by atoms with E-state index in [1.807, 2.05) is 6.07 Å². The Kier molecular flexibility index (Phi) is 7.85. The highest BCUT2D eigenvalue weighted by atomic mass is 16.2. The number of nitrogens with one attached hydrogen (secondary N) is 2. The normalized spacial score (nSPS) is 25.0. The molecule has 0 spiro atoms. The molecule has 1 aliphatic carbocycles. The van der Waals surface area contributed by atoms with Crippen molar-refractivity contribution in [1.82, 2.24) is 20.4 Å². The summed E-state index contributed by atoms with van der Waals surface area (Å²) in [5.41, 5.74) is 1.19. The predicted octanol–water partition coefficient (Wildman–Crippen LogP) is 2.86. The van der Waals surface area contributed by atoms with Gasteiger partial charge in [-0.2, -0.15) is 0 Å². The first-order chi connectivity index (χ1) is 15.7. The number of amides is 2. The molecule has 2 saturated heterocycles. The Morgan fingerprint density at radius 1 is 1.06 bits per heavy atom. The molecule has 2 amide bonds. The fourth-order valence-corrected chi connectivity index (χ4v) is 5.74. The van der Waals surface area contributed by atoms with Crippen molar-refractivity contribution in [3.63, 3.8) is 0 Å². The lowest BCUT2D eigenvalue weighted by Crippen LogP contribution is -2.57. The second-order valence-corrected chi connectivity index (χ2v) is 9.63. The Labute approximate surface area is 192 Å². The van der Waals surface area contributed by atoms with Crippen LogP contribution in [-0.2, 0) is 9.59 Å². The summed E-state index contributed by atoms with van der Waals surface area (Å²) < 4.78 is 0. The highest BCUT2D eigenvalue weighted by Gasteiger charge is 2.43. The molecule has 6 heteroatoms. The zero-order chi connectivity index (χ0) is 22.3. The Hall–Kier alpha value is -2.34. The van der Waals surface area contributed by atoms with Gasteiger partial charge in [0.25, 0.3) is 0 Å². The minimum Gasteiger partial charge on any atom is -0.375 e. The fourth-order valence-electron chi connectivity index (χ4n) is 5.74. The summed E-state index contributed by atoms with van der Waals surface area (Å²) in [5, 5.41) is 6.01. The molecule has 0 bridgehead atoms. The number of carbonyl (C=O) groups excluding carboxylic acids is 2. The molecule has 174 valence electrons. The summed E-state index contributed by atoms with van der Waals surface area (Å²) in [4.78, 5) is 30.6. The molecule has 2 N–H and O–H groups in total. The van der Waals surface area contributed by atoms with Gasteiger partial charge >= 0.3 is 0 Å². The largest absolute Gasteiger partial charge is 0.375 e. The van der Waals surface area contributed by atoms with Crippen molar-refractivity contribution in [2.24, 2.45) is 11.8 Å². The highest BCUT2D eigenvalue weighted by molar-refractivity contribution is 5.89. The molecule has 32 heavy (non-hydrogen) atoms. The second-order valence-electron chi connectivity index (χ2n) is 9.63. The SMILES string of the molecule is CNCC(=O)NC(C(=O)N1CCC2CCN(C=Cc3ccccc3)CC21)C1CCCCC1. The minimum absolute atomic E-state index is 0.0803. The summed E-state index contributed by atoms with van der Waals surface area (Å²) in [7, 11) is 1.77. The van der Waals surface area contributed by atoms with Gasteiger partial charge in [0.2, 0.25) is 11.8 Å². The van der Waals surface area contributed by atoms with E-state index in [-0.39, 0.29) is 36.4 Å². The van der Waals surface area contributed by atoms with Crippen LogP contribution in [0.3, 0.4) is 0 Å². The van der Waals surface area contributed by atoms with Crippen molar-refractivity contribution in [3.05, 3.63) is 42.1 Å². The van der Waals surface area contributed by atoms with E-state index < -0.39 is 0 Å². The van der Waals surface area contributed by atoms with Gasteiger partial charge in [0.15, 0.2) is 0 Å². The molecule has 0 aromatic heterocycles.